The predicted molar refractivity (Wildman–Crippen MR) is 105 cm³/mol. The number of anilines is 1. The van der Waals surface area contributed by atoms with Crippen LogP contribution in [0.15, 0.2) is 53.6 Å². The van der Waals surface area contributed by atoms with E-state index in [1.165, 1.54) is 3.97 Å². The van der Waals surface area contributed by atoms with Crippen molar-refractivity contribution in [3.05, 3.63) is 54.2 Å². The highest BCUT2D eigenvalue weighted by atomic mass is 32.2. The Bertz CT molecular complexity index is 1110. The first kappa shape index (κ1) is 16.6. The SMILES string of the molecule is O=S(=O)(c1ccc2c(c1)CCO2)n1ccc2c(N3CCNCC3)cccc21. The second-order valence-electron chi connectivity index (χ2n) is 6.93. The third-order valence-corrected chi connectivity index (χ3v) is 7.04. The Balaban J connectivity index is 1.60. The Morgan fingerprint density at radius 1 is 1.04 bits per heavy atom. The molecule has 2 aliphatic heterocycles. The van der Waals surface area contributed by atoms with Crippen molar-refractivity contribution in [1.29, 1.82) is 0 Å². The molecule has 3 heterocycles. The quantitative estimate of drug-likeness (QED) is 0.751. The minimum Gasteiger partial charge on any atom is -0.493 e. The molecule has 1 aromatic heterocycles. The van der Waals surface area contributed by atoms with Crippen LogP contribution in [0.25, 0.3) is 10.9 Å². The molecule has 5 rings (SSSR count). The summed E-state index contributed by atoms with van der Waals surface area (Å²) >= 11 is 0. The highest BCUT2D eigenvalue weighted by Gasteiger charge is 2.23. The molecule has 0 bridgehead atoms. The van der Waals surface area contributed by atoms with Gasteiger partial charge >= 0.3 is 0 Å². The van der Waals surface area contributed by atoms with Crippen LogP contribution >= 0.6 is 0 Å². The van der Waals surface area contributed by atoms with Gasteiger partial charge in [0.05, 0.1) is 17.0 Å². The molecule has 0 atom stereocenters. The minimum absolute atomic E-state index is 0.303. The summed E-state index contributed by atoms with van der Waals surface area (Å²) in [7, 11) is -3.66. The Morgan fingerprint density at radius 2 is 1.89 bits per heavy atom. The van der Waals surface area contributed by atoms with Crippen LogP contribution in [0.4, 0.5) is 5.69 Å². The molecule has 2 aliphatic rings. The average Bonchev–Trinajstić information content (AvgIpc) is 3.35. The number of rotatable bonds is 3. The zero-order valence-electron chi connectivity index (χ0n) is 14.9. The van der Waals surface area contributed by atoms with Crippen LogP contribution in [0.5, 0.6) is 5.75 Å². The van der Waals surface area contributed by atoms with E-state index >= 15 is 0 Å². The number of aromatic nitrogens is 1. The number of piperazine rings is 1. The van der Waals surface area contributed by atoms with Crippen molar-refractivity contribution >= 4 is 26.6 Å². The maximum absolute atomic E-state index is 13.3. The predicted octanol–water partition coefficient (Wildman–Crippen LogP) is 2.22. The fourth-order valence-electron chi connectivity index (χ4n) is 3.95. The van der Waals surface area contributed by atoms with Gasteiger partial charge in [-0.2, -0.15) is 0 Å². The first-order valence-electron chi connectivity index (χ1n) is 9.22. The molecule has 6 nitrogen and oxygen atoms in total. The highest BCUT2D eigenvalue weighted by molar-refractivity contribution is 7.90. The molecule has 27 heavy (non-hydrogen) atoms. The van der Waals surface area contributed by atoms with Crippen LogP contribution in [-0.4, -0.2) is 45.2 Å². The molecule has 0 spiro atoms. The first-order valence-corrected chi connectivity index (χ1v) is 10.7. The Kier molecular flexibility index (Phi) is 3.87. The van der Waals surface area contributed by atoms with Crippen molar-refractivity contribution in [2.24, 2.45) is 0 Å². The van der Waals surface area contributed by atoms with Gasteiger partial charge in [0, 0.05) is 49.9 Å². The number of hydrogen-bond donors (Lipinski definition) is 1. The first-order chi connectivity index (χ1) is 13.1. The molecule has 1 saturated heterocycles. The maximum Gasteiger partial charge on any atom is 0.268 e. The maximum atomic E-state index is 13.3. The van der Waals surface area contributed by atoms with Crippen molar-refractivity contribution in [2.45, 2.75) is 11.3 Å². The zero-order chi connectivity index (χ0) is 18.4. The van der Waals surface area contributed by atoms with Gasteiger partial charge < -0.3 is 15.0 Å². The lowest BCUT2D eigenvalue weighted by Crippen LogP contribution is -2.43. The second-order valence-corrected chi connectivity index (χ2v) is 8.75. The lowest BCUT2D eigenvalue weighted by molar-refractivity contribution is 0.356. The Hall–Kier alpha value is -2.51. The summed E-state index contributed by atoms with van der Waals surface area (Å²) in [5.41, 5.74) is 2.75. The summed E-state index contributed by atoms with van der Waals surface area (Å²) in [6.45, 7) is 4.32. The molecule has 0 saturated carbocycles. The summed E-state index contributed by atoms with van der Waals surface area (Å²) in [5.74, 6) is 0.785. The van der Waals surface area contributed by atoms with Gasteiger partial charge in [0.2, 0.25) is 0 Å². The summed E-state index contributed by atoms with van der Waals surface area (Å²) < 4.78 is 33.5. The third-order valence-electron chi connectivity index (χ3n) is 5.35. The van der Waals surface area contributed by atoms with Crippen LogP contribution in [0.2, 0.25) is 0 Å². The summed E-state index contributed by atoms with van der Waals surface area (Å²) in [4.78, 5) is 2.61. The van der Waals surface area contributed by atoms with Gasteiger partial charge in [0.25, 0.3) is 10.0 Å². The molecule has 2 aromatic carbocycles. The Morgan fingerprint density at radius 3 is 2.74 bits per heavy atom. The van der Waals surface area contributed by atoms with Crippen molar-refractivity contribution in [3.8, 4) is 5.75 Å². The van der Waals surface area contributed by atoms with E-state index < -0.39 is 10.0 Å². The van der Waals surface area contributed by atoms with Crippen molar-refractivity contribution in [1.82, 2.24) is 9.29 Å². The van der Waals surface area contributed by atoms with E-state index in [2.05, 4.69) is 16.3 Å². The summed E-state index contributed by atoms with van der Waals surface area (Å²) in [5, 5.41) is 4.32. The van der Waals surface area contributed by atoms with Crippen LogP contribution in [0.3, 0.4) is 0 Å². The van der Waals surface area contributed by atoms with E-state index in [1.807, 2.05) is 18.2 Å². The van der Waals surface area contributed by atoms with Crippen molar-refractivity contribution in [2.75, 3.05) is 37.7 Å². The van der Waals surface area contributed by atoms with Crippen molar-refractivity contribution in [3.63, 3.8) is 0 Å². The van der Waals surface area contributed by atoms with Gasteiger partial charge in [-0.1, -0.05) is 6.07 Å². The largest absolute Gasteiger partial charge is 0.493 e. The van der Waals surface area contributed by atoms with Crippen LogP contribution in [-0.2, 0) is 16.4 Å². The molecule has 140 valence electrons. The summed E-state index contributed by atoms with van der Waals surface area (Å²) in [6.07, 6.45) is 2.41. The third kappa shape index (κ3) is 2.69. The fraction of sp³-hybridized carbons (Fsp3) is 0.300. The van der Waals surface area contributed by atoms with E-state index in [9.17, 15) is 8.42 Å². The second kappa shape index (κ2) is 6.28. The van der Waals surface area contributed by atoms with Gasteiger partial charge in [-0.3, -0.25) is 0 Å². The number of fused-ring (bicyclic) bond motifs is 2. The van der Waals surface area contributed by atoms with Crippen LogP contribution in [0.1, 0.15) is 5.56 Å². The topological polar surface area (TPSA) is 63.6 Å². The Labute approximate surface area is 158 Å². The molecular weight excluding hydrogens is 362 g/mol. The number of nitrogens with zero attached hydrogens (tertiary/aromatic N) is 2. The molecule has 7 heteroatoms. The highest BCUT2D eigenvalue weighted by Crippen LogP contribution is 2.32. The average molecular weight is 383 g/mol. The number of ether oxygens (including phenoxy) is 1. The molecule has 0 unspecified atom stereocenters. The standard InChI is InChI=1S/C20H21N3O3S/c24-27(25,16-4-5-20-15(14-16)7-13-26-20)23-10-6-17-18(2-1-3-19(17)23)22-11-8-21-9-12-22/h1-6,10,14,21H,7-9,11-13H2. The van der Waals surface area contributed by atoms with E-state index in [0.29, 0.717) is 17.0 Å². The molecular formula is C20H21N3O3S. The van der Waals surface area contributed by atoms with Gasteiger partial charge in [-0.15, -0.1) is 0 Å². The molecule has 1 N–H and O–H groups in total. The molecule has 1 fully saturated rings. The smallest absolute Gasteiger partial charge is 0.268 e. The lowest BCUT2D eigenvalue weighted by Gasteiger charge is -2.30. The van der Waals surface area contributed by atoms with Gasteiger partial charge in [-0.25, -0.2) is 12.4 Å². The van der Waals surface area contributed by atoms with Gasteiger partial charge in [0.15, 0.2) is 0 Å². The number of nitrogens with one attached hydrogen (secondary N) is 1. The minimum atomic E-state index is -3.66. The van der Waals surface area contributed by atoms with Gasteiger partial charge in [-0.05, 0) is 42.0 Å². The number of hydrogen-bond acceptors (Lipinski definition) is 5. The van der Waals surface area contributed by atoms with Crippen LogP contribution in [0, 0.1) is 0 Å². The van der Waals surface area contributed by atoms with Gasteiger partial charge in [0.1, 0.15) is 5.75 Å². The monoisotopic (exact) mass is 383 g/mol. The molecule has 0 radical (unpaired) electrons. The molecule has 0 amide bonds. The molecule has 3 aromatic rings. The fourth-order valence-corrected chi connectivity index (χ4v) is 5.35. The van der Waals surface area contributed by atoms with Crippen LogP contribution < -0.4 is 15.0 Å². The lowest BCUT2D eigenvalue weighted by atomic mass is 10.2. The normalized spacial score (nSPS) is 17.1. The van der Waals surface area contributed by atoms with E-state index in [0.717, 1.165) is 55.0 Å². The van der Waals surface area contributed by atoms with E-state index in [-0.39, 0.29) is 0 Å². The van der Waals surface area contributed by atoms with E-state index in [4.69, 9.17) is 4.74 Å². The zero-order valence-corrected chi connectivity index (χ0v) is 15.7. The number of benzene rings is 2. The summed E-state index contributed by atoms with van der Waals surface area (Å²) in [6, 6.07) is 12.9. The molecule has 0 aliphatic carbocycles. The van der Waals surface area contributed by atoms with Crippen molar-refractivity contribution < 1.29 is 13.2 Å². The van der Waals surface area contributed by atoms with E-state index in [1.54, 1.807) is 24.4 Å².